The molecule has 6 heteroatoms. The zero-order valence-corrected chi connectivity index (χ0v) is 12.1. The van der Waals surface area contributed by atoms with Gasteiger partial charge in [-0.25, -0.2) is 8.42 Å². The van der Waals surface area contributed by atoms with Crippen LogP contribution in [-0.2, 0) is 9.84 Å². The number of nitrogens with two attached hydrogens (primary N) is 1. The van der Waals surface area contributed by atoms with Gasteiger partial charge in [0.25, 0.3) is 0 Å². The number of hydrogen-bond acceptors (Lipinski definition) is 4. The molecule has 0 heterocycles. The van der Waals surface area contributed by atoms with Crippen LogP contribution in [0.5, 0.6) is 0 Å². The number of hydrazone groups is 1. The second-order valence-corrected chi connectivity index (χ2v) is 6.58. The lowest BCUT2D eigenvalue weighted by molar-refractivity contribution is 0.600. The molecule has 104 valence electrons. The van der Waals surface area contributed by atoms with Gasteiger partial charge in [0.15, 0.2) is 9.84 Å². The molecule has 0 aromatic heterocycles. The first-order chi connectivity index (χ1) is 9.53. The number of halogens is 1. The average Bonchev–Trinajstić information content (AvgIpc) is 2.46. The van der Waals surface area contributed by atoms with Gasteiger partial charge in [-0.05, 0) is 29.8 Å². The zero-order chi connectivity index (χ0) is 14.6. The Bertz CT molecular complexity index is 711. The predicted octanol–water partition coefficient (Wildman–Crippen LogP) is 2.48. The third kappa shape index (κ3) is 3.37. The van der Waals surface area contributed by atoms with Gasteiger partial charge in [-0.2, -0.15) is 5.10 Å². The van der Waals surface area contributed by atoms with E-state index in [0.717, 1.165) is 0 Å². The molecule has 0 aliphatic heterocycles. The summed E-state index contributed by atoms with van der Waals surface area (Å²) in [4.78, 5) is 0.194. The fourth-order valence-electron chi connectivity index (χ4n) is 1.73. The fourth-order valence-corrected chi connectivity index (χ4v) is 3.18. The third-order valence-electron chi connectivity index (χ3n) is 2.76. The molecule has 0 radical (unpaired) electrons. The van der Waals surface area contributed by atoms with Crippen LogP contribution in [0.25, 0.3) is 0 Å². The molecule has 0 bridgehead atoms. The topological polar surface area (TPSA) is 72.5 Å². The molecule has 0 saturated carbocycles. The minimum atomic E-state index is -3.51. The van der Waals surface area contributed by atoms with Crippen LogP contribution in [0.1, 0.15) is 5.56 Å². The number of hydrogen-bond donors (Lipinski definition) is 1. The molecular weight excluding hydrogens is 296 g/mol. The number of rotatable bonds is 4. The van der Waals surface area contributed by atoms with Crippen LogP contribution >= 0.6 is 11.6 Å². The summed E-state index contributed by atoms with van der Waals surface area (Å²) in [7, 11) is -3.51. The van der Waals surface area contributed by atoms with Crippen molar-refractivity contribution in [2.45, 2.75) is 4.90 Å². The van der Waals surface area contributed by atoms with Crippen molar-refractivity contribution in [3.05, 3.63) is 65.2 Å². The Morgan fingerprint density at radius 3 is 2.20 bits per heavy atom. The van der Waals surface area contributed by atoms with Crippen molar-refractivity contribution in [3.63, 3.8) is 0 Å². The minimum Gasteiger partial charge on any atom is -0.323 e. The maximum Gasteiger partial charge on any atom is 0.184 e. The van der Waals surface area contributed by atoms with Crippen LogP contribution in [0.15, 0.2) is 64.6 Å². The van der Waals surface area contributed by atoms with E-state index in [2.05, 4.69) is 5.10 Å². The van der Waals surface area contributed by atoms with Gasteiger partial charge in [-0.3, -0.25) is 0 Å². The van der Waals surface area contributed by atoms with E-state index in [1.807, 2.05) is 6.07 Å². The Morgan fingerprint density at radius 1 is 1.05 bits per heavy atom. The quantitative estimate of drug-likeness (QED) is 0.536. The van der Waals surface area contributed by atoms with E-state index < -0.39 is 9.84 Å². The maximum atomic E-state index is 12.3. The molecule has 20 heavy (non-hydrogen) atoms. The van der Waals surface area contributed by atoms with Crippen molar-refractivity contribution in [1.82, 2.24) is 0 Å². The minimum absolute atomic E-state index is 0.194. The van der Waals surface area contributed by atoms with E-state index in [9.17, 15) is 8.42 Å². The predicted molar refractivity (Wildman–Crippen MR) is 80.7 cm³/mol. The van der Waals surface area contributed by atoms with Crippen molar-refractivity contribution in [2.24, 2.45) is 10.9 Å². The van der Waals surface area contributed by atoms with Gasteiger partial charge >= 0.3 is 0 Å². The van der Waals surface area contributed by atoms with Crippen molar-refractivity contribution in [2.75, 3.05) is 5.75 Å². The van der Waals surface area contributed by atoms with E-state index in [4.69, 9.17) is 17.4 Å². The Labute approximate surface area is 122 Å². The summed E-state index contributed by atoms with van der Waals surface area (Å²) in [5, 5.41) is 4.08. The molecular formula is C14H13ClN2O2S. The lowest BCUT2D eigenvalue weighted by Crippen LogP contribution is -2.18. The van der Waals surface area contributed by atoms with Crippen LogP contribution in [0.4, 0.5) is 0 Å². The Morgan fingerprint density at radius 2 is 1.65 bits per heavy atom. The first-order valence-corrected chi connectivity index (χ1v) is 7.86. The lowest BCUT2D eigenvalue weighted by Gasteiger charge is -2.07. The summed E-state index contributed by atoms with van der Waals surface area (Å²) >= 11 is 5.75. The highest BCUT2D eigenvalue weighted by Gasteiger charge is 2.18. The van der Waals surface area contributed by atoms with Crippen LogP contribution in [0.2, 0.25) is 5.02 Å². The Balaban J connectivity index is 2.30. The molecule has 0 fully saturated rings. The first kappa shape index (κ1) is 14.6. The second kappa shape index (κ2) is 6.07. The Kier molecular flexibility index (Phi) is 4.42. The number of nitrogens with zero attached hydrogens (tertiary/aromatic N) is 1. The van der Waals surface area contributed by atoms with Crippen molar-refractivity contribution in [1.29, 1.82) is 0 Å². The van der Waals surface area contributed by atoms with E-state index in [1.165, 1.54) is 24.3 Å². The molecule has 0 atom stereocenters. The average molecular weight is 309 g/mol. The molecule has 0 amide bonds. The molecule has 4 nitrogen and oxygen atoms in total. The number of benzene rings is 2. The van der Waals surface area contributed by atoms with Crippen LogP contribution in [0, 0.1) is 0 Å². The molecule has 2 N–H and O–H groups in total. The highest BCUT2D eigenvalue weighted by Crippen LogP contribution is 2.16. The molecule has 0 saturated heterocycles. The third-order valence-corrected chi connectivity index (χ3v) is 4.66. The SMILES string of the molecule is NN=C(CS(=O)(=O)c1ccc(Cl)cc1)c1ccccc1. The molecule has 2 aromatic rings. The van der Waals surface area contributed by atoms with Crippen LogP contribution in [0.3, 0.4) is 0 Å². The van der Waals surface area contributed by atoms with Crippen molar-refractivity contribution < 1.29 is 8.42 Å². The molecule has 0 aliphatic rings. The standard InChI is InChI=1S/C14H13ClN2O2S/c15-12-6-8-13(9-7-12)20(18,19)10-14(17-16)11-4-2-1-3-5-11/h1-9H,10,16H2. The number of sulfone groups is 1. The molecule has 2 rings (SSSR count). The molecule has 0 unspecified atom stereocenters. The maximum absolute atomic E-state index is 12.3. The highest BCUT2D eigenvalue weighted by atomic mass is 35.5. The summed E-state index contributed by atoms with van der Waals surface area (Å²) in [6.07, 6.45) is 0. The summed E-state index contributed by atoms with van der Waals surface area (Å²) in [6, 6.07) is 15.0. The van der Waals surface area contributed by atoms with Gasteiger partial charge in [-0.15, -0.1) is 0 Å². The van der Waals surface area contributed by atoms with Crippen molar-refractivity contribution in [3.8, 4) is 0 Å². The van der Waals surface area contributed by atoms with E-state index in [0.29, 0.717) is 16.3 Å². The van der Waals surface area contributed by atoms with Gasteiger partial charge in [0.05, 0.1) is 16.4 Å². The molecule has 0 spiro atoms. The van der Waals surface area contributed by atoms with E-state index >= 15 is 0 Å². The van der Waals surface area contributed by atoms with Gasteiger partial charge in [0, 0.05) is 5.02 Å². The summed E-state index contributed by atoms with van der Waals surface area (Å²) in [5.74, 6) is 5.06. The van der Waals surface area contributed by atoms with Gasteiger partial charge < -0.3 is 5.84 Å². The van der Waals surface area contributed by atoms with Crippen LogP contribution in [-0.4, -0.2) is 19.9 Å². The second-order valence-electron chi connectivity index (χ2n) is 4.15. The summed E-state index contributed by atoms with van der Waals surface area (Å²) in [5.41, 5.74) is 1.01. The first-order valence-electron chi connectivity index (χ1n) is 5.83. The van der Waals surface area contributed by atoms with Crippen molar-refractivity contribution >= 4 is 27.1 Å². The molecule has 0 aliphatic carbocycles. The largest absolute Gasteiger partial charge is 0.323 e. The van der Waals surface area contributed by atoms with E-state index in [1.54, 1.807) is 24.3 Å². The van der Waals surface area contributed by atoms with Gasteiger partial charge in [0.2, 0.25) is 0 Å². The smallest absolute Gasteiger partial charge is 0.184 e. The summed E-state index contributed by atoms with van der Waals surface area (Å²) in [6.45, 7) is 0. The van der Waals surface area contributed by atoms with E-state index in [-0.39, 0.29) is 10.6 Å². The van der Waals surface area contributed by atoms with Crippen LogP contribution < -0.4 is 5.84 Å². The van der Waals surface area contributed by atoms with Gasteiger partial charge in [-0.1, -0.05) is 41.9 Å². The normalized spacial score (nSPS) is 12.3. The lowest BCUT2D eigenvalue weighted by atomic mass is 10.1. The van der Waals surface area contributed by atoms with Gasteiger partial charge in [0.1, 0.15) is 0 Å². The Hall–Kier alpha value is -1.85. The fraction of sp³-hybridized carbons (Fsp3) is 0.0714. The molecule has 2 aromatic carbocycles. The zero-order valence-electron chi connectivity index (χ0n) is 10.5. The monoisotopic (exact) mass is 308 g/mol. The summed E-state index contributed by atoms with van der Waals surface area (Å²) < 4.78 is 24.6. The highest BCUT2D eigenvalue weighted by molar-refractivity contribution is 7.92.